The molecule has 0 fully saturated rings. The Labute approximate surface area is 163 Å². The van der Waals surface area contributed by atoms with Crippen LogP contribution in [0.15, 0.2) is 48.5 Å². The van der Waals surface area contributed by atoms with E-state index in [1.165, 1.54) is 0 Å². The third kappa shape index (κ3) is 5.96. The highest BCUT2D eigenvalue weighted by Crippen LogP contribution is 2.13. The van der Waals surface area contributed by atoms with E-state index in [-0.39, 0.29) is 17.0 Å². The fraction of sp³-hybridized carbons (Fsp3) is 0.211. The van der Waals surface area contributed by atoms with Crippen molar-refractivity contribution < 1.29 is 14.3 Å². The Morgan fingerprint density at radius 1 is 1.04 bits per heavy atom. The Morgan fingerprint density at radius 3 is 2.37 bits per heavy atom. The number of amides is 1. The van der Waals surface area contributed by atoms with E-state index in [4.69, 9.17) is 17.0 Å². The lowest BCUT2D eigenvalue weighted by Crippen LogP contribution is -2.43. The molecule has 0 spiro atoms. The number of hydrazine groups is 1. The minimum atomic E-state index is -0.378. The van der Waals surface area contributed by atoms with Crippen LogP contribution >= 0.6 is 12.2 Å². The molecule has 2 aromatic carbocycles. The lowest BCUT2D eigenvalue weighted by Gasteiger charge is -2.14. The van der Waals surface area contributed by atoms with Crippen LogP contribution in [0.3, 0.4) is 0 Å². The van der Waals surface area contributed by atoms with Gasteiger partial charge < -0.3 is 15.0 Å². The number of hydrogen-bond donors (Lipinski definition) is 3. The zero-order chi connectivity index (χ0) is 19.8. The summed E-state index contributed by atoms with van der Waals surface area (Å²) in [5, 5.41) is 3.14. The molecule has 0 saturated heterocycles. The third-order valence-corrected chi connectivity index (χ3v) is 3.77. The highest BCUT2D eigenvalue weighted by atomic mass is 32.1. The first-order valence-electron chi connectivity index (χ1n) is 8.32. The molecular formula is C19H22N4O3S. The zero-order valence-electron chi connectivity index (χ0n) is 15.4. The van der Waals surface area contributed by atoms with Crippen LogP contribution < -0.4 is 21.1 Å². The molecule has 0 unspecified atom stereocenters. The number of rotatable bonds is 5. The Kier molecular flexibility index (Phi) is 7.13. The van der Waals surface area contributed by atoms with Crippen molar-refractivity contribution in [3.05, 3.63) is 59.7 Å². The van der Waals surface area contributed by atoms with Crippen LogP contribution in [-0.2, 0) is 4.74 Å². The fourth-order valence-electron chi connectivity index (χ4n) is 2.18. The molecule has 0 saturated carbocycles. The number of nitrogens with one attached hydrogen (secondary N) is 3. The number of thiocarbonyl (C=S) groups is 1. The fourth-order valence-corrected chi connectivity index (χ4v) is 2.35. The molecule has 0 aliphatic carbocycles. The van der Waals surface area contributed by atoms with E-state index in [0.717, 1.165) is 5.69 Å². The first-order valence-corrected chi connectivity index (χ1v) is 8.73. The summed E-state index contributed by atoms with van der Waals surface area (Å²) in [6, 6.07) is 13.9. The van der Waals surface area contributed by atoms with Crippen LogP contribution in [0.4, 0.5) is 11.4 Å². The standard InChI is InChI=1S/C19H22N4O3S/c1-4-26-18(25)13-8-10-15(11-9-13)20-19(27)22-21-17(24)14-6-5-7-16(12-14)23(2)3/h5-12H,4H2,1-3H3,(H,21,24)(H2,20,22,27). The molecule has 0 aliphatic rings. The first kappa shape index (κ1) is 20.2. The van der Waals surface area contributed by atoms with Crippen LogP contribution in [0.5, 0.6) is 0 Å². The summed E-state index contributed by atoms with van der Waals surface area (Å²) in [7, 11) is 3.81. The number of benzene rings is 2. The van der Waals surface area contributed by atoms with Gasteiger partial charge in [-0.3, -0.25) is 15.6 Å². The normalized spacial score (nSPS) is 9.89. The highest BCUT2D eigenvalue weighted by molar-refractivity contribution is 7.80. The molecule has 2 rings (SSSR count). The Bertz CT molecular complexity index is 822. The molecule has 0 aliphatic heterocycles. The van der Waals surface area contributed by atoms with Gasteiger partial charge in [0.05, 0.1) is 12.2 Å². The van der Waals surface area contributed by atoms with Gasteiger partial charge in [0, 0.05) is 31.0 Å². The predicted octanol–water partition coefficient (Wildman–Crippen LogP) is 2.56. The van der Waals surface area contributed by atoms with E-state index in [2.05, 4.69) is 16.2 Å². The SMILES string of the molecule is CCOC(=O)c1ccc(NC(=S)NNC(=O)c2cccc(N(C)C)c2)cc1. The molecule has 142 valence electrons. The smallest absolute Gasteiger partial charge is 0.338 e. The van der Waals surface area contributed by atoms with E-state index < -0.39 is 0 Å². The first-order chi connectivity index (χ1) is 12.9. The van der Waals surface area contributed by atoms with Gasteiger partial charge in [-0.2, -0.15) is 0 Å². The topological polar surface area (TPSA) is 82.7 Å². The summed E-state index contributed by atoms with van der Waals surface area (Å²) in [5.74, 6) is -0.683. The van der Waals surface area contributed by atoms with Crippen LogP contribution in [0.1, 0.15) is 27.6 Å². The second-order valence-corrected chi connectivity index (χ2v) is 6.18. The molecule has 8 heteroatoms. The van der Waals surface area contributed by atoms with Gasteiger partial charge in [0.25, 0.3) is 5.91 Å². The molecule has 0 heterocycles. The van der Waals surface area contributed by atoms with E-state index >= 15 is 0 Å². The van der Waals surface area contributed by atoms with Crippen molar-refractivity contribution in [1.29, 1.82) is 0 Å². The van der Waals surface area contributed by atoms with Gasteiger partial charge in [0.2, 0.25) is 0 Å². The van der Waals surface area contributed by atoms with Gasteiger partial charge in [0.15, 0.2) is 5.11 Å². The average Bonchev–Trinajstić information content (AvgIpc) is 2.67. The Morgan fingerprint density at radius 2 is 1.74 bits per heavy atom. The Balaban J connectivity index is 1.88. The number of esters is 1. The van der Waals surface area contributed by atoms with E-state index in [1.807, 2.05) is 31.1 Å². The van der Waals surface area contributed by atoms with Gasteiger partial charge in [-0.05, 0) is 61.6 Å². The quantitative estimate of drug-likeness (QED) is 0.414. The Hall–Kier alpha value is -3.13. The molecule has 7 nitrogen and oxygen atoms in total. The molecule has 3 N–H and O–H groups in total. The van der Waals surface area contributed by atoms with Crippen LogP contribution in [-0.4, -0.2) is 37.7 Å². The summed E-state index contributed by atoms with van der Waals surface area (Å²) in [6.45, 7) is 2.08. The molecule has 1 amide bonds. The molecule has 27 heavy (non-hydrogen) atoms. The minimum absolute atomic E-state index is 0.219. The van der Waals surface area contributed by atoms with Gasteiger partial charge >= 0.3 is 5.97 Å². The average molecular weight is 386 g/mol. The number of anilines is 2. The summed E-state index contributed by atoms with van der Waals surface area (Å²) < 4.78 is 4.93. The van der Waals surface area contributed by atoms with Crippen molar-refractivity contribution in [2.75, 3.05) is 30.9 Å². The number of hydrogen-bond acceptors (Lipinski definition) is 5. The van der Waals surface area contributed by atoms with Crippen LogP contribution in [0, 0.1) is 0 Å². The summed E-state index contributed by atoms with van der Waals surface area (Å²) in [5.41, 5.74) is 7.75. The zero-order valence-corrected chi connectivity index (χ0v) is 16.2. The lowest BCUT2D eigenvalue weighted by atomic mass is 10.2. The summed E-state index contributed by atoms with van der Waals surface area (Å²) in [4.78, 5) is 25.8. The summed E-state index contributed by atoms with van der Waals surface area (Å²) in [6.07, 6.45) is 0. The van der Waals surface area contributed by atoms with Crippen LogP contribution in [0.2, 0.25) is 0 Å². The van der Waals surface area contributed by atoms with Crippen molar-refractivity contribution in [1.82, 2.24) is 10.9 Å². The monoisotopic (exact) mass is 386 g/mol. The number of carbonyl (C=O) groups excluding carboxylic acids is 2. The molecule has 2 aromatic rings. The van der Waals surface area contributed by atoms with E-state index in [9.17, 15) is 9.59 Å². The van der Waals surface area contributed by atoms with Gasteiger partial charge in [0.1, 0.15) is 0 Å². The largest absolute Gasteiger partial charge is 0.462 e. The summed E-state index contributed by atoms with van der Waals surface area (Å²) >= 11 is 5.16. The van der Waals surface area contributed by atoms with Gasteiger partial charge in [-0.25, -0.2) is 4.79 Å². The molecule has 0 radical (unpaired) electrons. The molecule has 0 aromatic heterocycles. The van der Waals surface area contributed by atoms with Gasteiger partial charge in [-0.1, -0.05) is 6.07 Å². The van der Waals surface area contributed by atoms with Crippen molar-refractivity contribution in [3.63, 3.8) is 0 Å². The van der Waals surface area contributed by atoms with Crippen molar-refractivity contribution in [2.45, 2.75) is 6.92 Å². The number of carbonyl (C=O) groups is 2. The van der Waals surface area contributed by atoms with Crippen molar-refractivity contribution in [2.24, 2.45) is 0 Å². The molecule has 0 atom stereocenters. The number of nitrogens with zero attached hydrogens (tertiary/aromatic N) is 1. The second-order valence-electron chi connectivity index (χ2n) is 5.78. The number of ether oxygens (including phenoxy) is 1. The van der Waals surface area contributed by atoms with E-state index in [1.54, 1.807) is 43.3 Å². The second kappa shape index (κ2) is 9.54. The predicted molar refractivity (Wildman–Crippen MR) is 110 cm³/mol. The maximum Gasteiger partial charge on any atom is 0.338 e. The van der Waals surface area contributed by atoms with Crippen molar-refractivity contribution >= 4 is 40.6 Å². The lowest BCUT2D eigenvalue weighted by molar-refractivity contribution is 0.0526. The van der Waals surface area contributed by atoms with E-state index in [0.29, 0.717) is 23.4 Å². The van der Waals surface area contributed by atoms with Crippen LogP contribution in [0.25, 0.3) is 0 Å². The molecular weight excluding hydrogens is 364 g/mol. The van der Waals surface area contributed by atoms with Crippen molar-refractivity contribution in [3.8, 4) is 0 Å². The minimum Gasteiger partial charge on any atom is -0.462 e. The highest BCUT2D eigenvalue weighted by Gasteiger charge is 2.08. The third-order valence-electron chi connectivity index (χ3n) is 3.57. The maximum absolute atomic E-state index is 12.2. The van der Waals surface area contributed by atoms with Gasteiger partial charge in [-0.15, -0.1) is 0 Å². The molecule has 0 bridgehead atoms. The maximum atomic E-state index is 12.2.